The van der Waals surface area contributed by atoms with Gasteiger partial charge in [-0.3, -0.25) is 0 Å². The molecule has 4 rings (SSSR count). The molecule has 0 aromatic heterocycles. The minimum Gasteiger partial charge on any atom is -0.0616 e. The Kier molecular flexibility index (Phi) is 3.66. The van der Waals surface area contributed by atoms with Crippen LogP contribution < -0.4 is 0 Å². The highest BCUT2D eigenvalue weighted by Crippen LogP contribution is 2.30. The summed E-state index contributed by atoms with van der Waals surface area (Å²) in [5, 5.41) is 2.59. The van der Waals surface area contributed by atoms with Crippen LogP contribution in [0.15, 0.2) is 84.9 Å². The first-order valence-electron chi connectivity index (χ1n) is 8.38. The van der Waals surface area contributed by atoms with E-state index in [1.54, 1.807) is 0 Å². The van der Waals surface area contributed by atoms with Gasteiger partial charge in [-0.05, 0) is 58.0 Å². The normalized spacial score (nSPS) is 10.9. The van der Waals surface area contributed by atoms with Crippen LogP contribution in [0.4, 0.5) is 0 Å². The zero-order valence-electron chi connectivity index (χ0n) is 14.1. The maximum absolute atomic E-state index is 2.27. The van der Waals surface area contributed by atoms with Crippen molar-refractivity contribution in [3.8, 4) is 22.3 Å². The summed E-state index contributed by atoms with van der Waals surface area (Å²) >= 11 is 0. The molecule has 0 radical (unpaired) electrons. The molecule has 0 unspecified atom stereocenters. The molecule has 0 atom stereocenters. The molecule has 0 bridgehead atoms. The van der Waals surface area contributed by atoms with E-state index in [1.165, 1.54) is 44.2 Å². The fraction of sp³-hybridized carbons (Fsp3) is 0.0833. The summed E-state index contributed by atoms with van der Waals surface area (Å²) in [5.41, 5.74) is 7.78. The molecule has 0 saturated heterocycles. The van der Waals surface area contributed by atoms with Crippen LogP contribution in [0.5, 0.6) is 0 Å². The lowest BCUT2D eigenvalue weighted by molar-refractivity contribution is 1.34. The monoisotopic (exact) mass is 308 g/mol. The summed E-state index contributed by atoms with van der Waals surface area (Å²) in [7, 11) is 0. The van der Waals surface area contributed by atoms with Crippen molar-refractivity contribution < 1.29 is 0 Å². The third-order valence-corrected chi connectivity index (χ3v) is 4.83. The van der Waals surface area contributed by atoms with Gasteiger partial charge in [0.05, 0.1) is 0 Å². The Morgan fingerprint density at radius 1 is 0.500 bits per heavy atom. The number of rotatable bonds is 2. The molecule has 0 nitrogen and oxygen atoms in total. The molecule has 0 aliphatic carbocycles. The SMILES string of the molecule is Cc1ccc(-c2ccc(-c3cccc4ccccc34)cc2)cc1C. The second-order valence-corrected chi connectivity index (χ2v) is 6.40. The second-order valence-electron chi connectivity index (χ2n) is 6.40. The summed E-state index contributed by atoms with van der Waals surface area (Å²) in [6, 6.07) is 30.6. The fourth-order valence-corrected chi connectivity index (χ4v) is 3.24. The van der Waals surface area contributed by atoms with E-state index in [9.17, 15) is 0 Å². The topological polar surface area (TPSA) is 0 Å². The standard InChI is InChI=1S/C24H20/c1-17-10-11-22(16-18(17)2)19-12-14-21(15-13-19)24-9-5-7-20-6-3-4-8-23(20)24/h3-16H,1-2H3. The van der Waals surface area contributed by atoms with Crippen LogP contribution in [0, 0.1) is 13.8 Å². The molecule has 0 spiro atoms. The van der Waals surface area contributed by atoms with Gasteiger partial charge in [-0.1, -0.05) is 84.9 Å². The maximum atomic E-state index is 2.27. The summed E-state index contributed by atoms with van der Waals surface area (Å²) < 4.78 is 0. The zero-order valence-corrected chi connectivity index (χ0v) is 14.1. The highest BCUT2D eigenvalue weighted by Gasteiger charge is 2.05. The number of hydrogen-bond acceptors (Lipinski definition) is 0. The van der Waals surface area contributed by atoms with Gasteiger partial charge in [0.1, 0.15) is 0 Å². The van der Waals surface area contributed by atoms with Gasteiger partial charge >= 0.3 is 0 Å². The van der Waals surface area contributed by atoms with Gasteiger partial charge in [-0.25, -0.2) is 0 Å². The maximum Gasteiger partial charge on any atom is -0.0105 e. The van der Waals surface area contributed by atoms with Crippen molar-refractivity contribution in [1.82, 2.24) is 0 Å². The second kappa shape index (κ2) is 5.98. The molecule has 0 fully saturated rings. The van der Waals surface area contributed by atoms with E-state index in [0.29, 0.717) is 0 Å². The minimum absolute atomic E-state index is 1.26. The molecule has 0 N–H and O–H groups in total. The van der Waals surface area contributed by atoms with Crippen molar-refractivity contribution in [3.63, 3.8) is 0 Å². The average molecular weight is 308 g/mol. The lowest BCUT2D eigenvalue weighted by Crippen LogP contribution is -1.85. The van der Waals surface area contributed by atoms with E-state index in [0.717, 1.165) is 0 Å². The third-order valence-electron chi connectivity index (χ3n) is 4.83. The van der Waals surface area contributed by atoms with E-state index in [-0.39, 0.29) is 0 Å². The molecule has 0 heterocycles. The molecule has 0 amide bonds. The van der Waals surface area contributed by atoms with Crippen LogP contribution >= 0.6 is 0 Å². The van der Waals surface area contributed by atoms with Crippen LogP contribution in [0.1, 0.15) is 11.1 Å². The van der Waals surface area contributed by atoms with Crippen LogP contribution in [-0.4, -0.2) is 0 Å². The molecular weight excluding hydrogens is 288 g/mol. The van der Waals surface area contributed by atoms with Crippen LogP contribution in [0.2, 0.25) is 0 Å². The van der Waals surface area contributed by atoms with Gasteiger partial charge in [0.15, 0.2) is 0 Å². The number of fused-ring (bicyclic) bond motifs is 1. The zero-order chi connectivity index (χ0) is 16.5. The van der Waals surface area contributed by atoms with Crippen LogP contribution in [0.3, 0.4) is 0 Å². The quantitative estimate of drug-likeness (QED) is 0.382. The molecule has 116 valence electrons. The highest BCUT2D eigenvalue weighted by molar-refractivity contribution is 5.96. The smallest absolute Gasteiger partial charge is 0.0105 e. The van der Waals surface area contributed by atoms with Crippen LogP contribution in [-0.2, 0) is 0 Å². The highest BCUT2D eigenvalue weighted by atomic mass is 14.1. The van der Waals surface area contributed by atoms with E-state index in [1.807, 2.05) is 0 Å². The largest absolute Gasteiger partial charge is 0.0616 e. The average Bonchev–Trinajstić information content (AvgIpc) is 2.64. The molecule has 4 aromatic rings. The summed E-state index contributed by atoms with van der Waals surface area (Å²) in [5.74, 6) is 0. The predicted molar refractivity (Wildman–Crippen MR) is 104 cm³/mol. The molecule has 0 heteroatoms. The molecule has 4 aromatic carbocycles. The summed E-state index contributed by atoms with van der Waals surface area (Å²) in [4.78, 5) is 0. The van der Waals surface area contributed by atoms with Crippen molar-refractivity contribution in [1.29, 1.82) is 0 Å². The fourth-order valence-electron chi connectivity index (χ4n) is 3.24. The Morgan fingerprint density at radius 2 is 1.17 bits per heavy atom. The van der Waals surface area contributed by atoms with E-state index in [4.69, 9.17) is 0 Å². The van der Waals surface area contributed by atoms with Crippen LogP contribution in [0.25, 0.3) is 33.0 Å². The molecule has 0 saturated carbocycles. The van der Waals surface area contributed by atoms with Gasteiger partial charge < -0.3 is 0 Å². The lowest BCUT2D eigenvalue weighted by Gasteiger charge is -2.09. The van der Waals surface area contributed by atoms with E-state index < -0.39 is 0 Å². The Hall–Kier alpha value is -2.86. The summed E-state index contributed by atoms with van der Waals surface area (Å²) in [6.45, 7) is 4.33. The van der Waals surface area contributed by atoms with Crippen molar-refractivity contribution in [3.05, 3.63) is 96.1 Å². The lowest BCUT2D eigenvalue weighted by atomic mass is 9.95. The number of hydrogen-bond donors (Lipinski definition) is 0. The first-order valence-corrected chi connectivity index (χ1v) is 8.38. The molecule has 0 aliphatic rings. The molecular formula is C24H20. The van der Waals surface area contributed by atoms with Crippen molar-refractivity contribution >= 4 is 10.8 Å². The van der Waals surface area contributed by atoms with Gasteiger partial charge in [0.2, 0.25) is 0 Å². The van der Waals surface area contributed by atoms with Gasteiger partial charge in [-0.2, -0.15) is 0 Å². The molecule has 24 heavy (non-hydrogen) atoms. The Balaban J connectivity index is 1.77. The number of aryl methyl sites for hydroxylation is 2. The van der Waals surface area contributed by atoms with Crippen molar-refractivity contribution in [2.75, 3.05) is 0 Å². The Labute approximate surface area is 143 Å². The number of benzene rings is 4. The van der Waals surface area contributed by atoms with Crippen molar-refractivity contribution in [2.24, 2.45) is 0 Å². The van der Waals surface area contributed by atoms with Gasteiger partial charge in [-0.15, -0.1) is 0 Å². The third kappa shape index (κ3) is 2.61. The van der Waals surface area contributed by atoms with E-state index in [2.05, 4.69) is 98.8 Å². The minimum atomic E-state index is 1.26. The molecule has 0 aliphatic heterocycles. The first-order chi connectivity index (χ1) is 11.7. The van der Waals surface area contributed by atoms with Gasteiger partial charge in [0.25, 0.3) is 0 Å². The first kappa shape index (κ1) is 14.7. The van der Waals surface area contributed by atoms with Gasteiger partial charge in [0, 0.05) is 0 Å². The van der Waals surface area contributed by atoms with E-state index >= 15 is 0 Å². The van der Waals surface area contributed by atoms with Crippen molar-refractivity contribution in [2.45, 2.75) is 13.8 Å². The summed E-state index contributed by atoms with van der Waals surface area (Å²) in [6.07, 6.45) is 0. The Morgan fingerprint density at radius 3 is 1.96 bits per heavy atom. The predicted octanol–water partition coefficient (Wildman–Crippen LogP) is 6.79. The Bertz CT molecular complexity index is 1000.